The Morgan fingerprint density at radius 3 is 2.75 bits per heavy atom. The lowest BCUT2D eigenvalue weighted by molar-refractivity contribution is 0.140. The molecular weight excluding hydrogens is 318 g/mol. The van der Waals surface area contributed by atoms with Gasteiger partial charge in [0.2, 0.25) is 5.71 Å². The zero-order valence-corrected chi connectivity index (χ0v) is 13.6. The molecule has 2 atom stereocenters. The molecular formula is C17H20F2N2O3. The molecule has 5 nitrogen and oxygen atoms in total. The van der Waals surface area contributed by atoms with Gasteiger partial charge < -0.3 is 9.40 Å². The molecule has 2 unspecified atom stereocenters. The van der Waals surface area contributed by atoms with Gasteiger partial charge in [-0.15, -0.1) is 0 Å². The summed E-state index contributed by atoms with van der Waals surface area (Å²) >= 11 is 0. The Bertz CT molecular complexity index is 857. The molecule has 3 rings (SSSR count). The van der Waals surface area contributed by atoms with Crippen molar-refractivity contribution in [3.05, 3.63) is 38.2 Å². The molecule has 1 N–H and O–H groups in total. The topological polar surface area (TPSA) is 76.0 Å². The second-order valence-corrected chi connectivity index (χ2v) is 6.82. The van der Waals surface area contributed by atoms with Crippen molar-refractivity contribution in [3.63, 3.8) is 0 Å². The first-order valence-corrected chi connectivity index (χ1v) is 8.22. The van der Waals surface area contributed by atoms with E-state index >= 15 is 0 Å². The van der Waals surface area contributed by atoms with Crippen LogP contribution in [0.1, 0.15) is 50.9 Å². The fourth-order valence-corrected chi connectivity index (χ4v) is 3.44. The summed E-state index contributed by atoms with van der Waals surface area (Å²) in [5.74, 6) is 1.37. The first-order valence-electron chi connectivity index (χ1n) is 8.22. The van der Waals surface area contributed by atoms with E-state index < -0.39 is 23.4 Å². The first-order chi connectivity index (χ1) is 11.4. The summed E-state index contributed by atoms with van der Waals surface area (Å²) in [5.41, 5.74) is -1.18. The number of alkyl halides is 2. The normalized spacial score (nSPS) is 20.2. The van der Waals surface area contributed by atoms with Gasteiger partial charge in [-0.3, -0.25) is 4.79 Å². The molecule has 1 fully saturated rings. The van der Waals surface area contributed by atoms with Gasteiger partial charge in [0.25, 0.3) is 12.0 Å². The first kappa shape index (κ1) is 16.8. The van der Waals surface area contributed by atoms with Gasteiger partial charge in [0.15, 0.2) is 5.82 Å². The van der Waals surface area contributed by atoms with Gasteiger partial charge in [0, 0.05) is 6.07 Å². The summed E-state index contributed by atoms with van der Waals surface area (Å²) in [6, 6.07) is 1.26. The summed E-state index contributed by atoms with van der Waals surface area (Å²) < 4.78 is 30.3. The Balaban J connectivity index is 1.83. The van der Waals surface area contributed by atoms with E-state index in [2.05, 4.69) is 23.8 Å². The Morgan fingerprint density at radius 1 is 1.38 bits per heavy atom. The van der Waals surface area contributed by atoms with Crippen molar-refractivity contribution in [2.24, 2.45) is 17.8 Å². The summed E-state index contributed by atoms with van der Waals surface area (Å²) in [6.07, 6.45) is 0.698. The van der Waals surface area contributed by atoms with Crippen LogP contribution in [0, 0.1) is 17.8 Å². The number of hydrogen-bond acceptors (Lipinski definition) is 4. The summed E-state index contributed by atoms with van der Waals surface area (Å²) in [5, 5.41) is 0.0928. The minimum atomic E-state index is -2.93. The lowest BCUT2D eigenvalue weighted by Gasteiger charge is -2.06. The predicted octanol–water partition coefficient (Wildman–Crippen LogP) is 3.43. The van der Waals surface area contributed by atoms with E-state index in [-0.39, 0.29) is 11.1 Å². The van der Waals surface area contributed by atoms with E-state index in [1.54, 1.807) is 0 Å². The zero-order valence-electron chi connectivity index (χ0n) is 13.6. The highest BCUT2D eigenvalue weighted by Crippen LogP contribution is 2.47. The van der Waals surface area contributed by atoms with Gasteiger partial charge in [0.1, 0.15) is 5.39 Å². The number of fused-ring (bicyclic) bond motifs is 1. The molecule has 1 aliphatic carbocycles. The van der Waals surface area contributed by atoms with Crippen LogP contribution < -0.4 is 11.2 Å². The summed E-state index contributed by atoms with van der Waals surface area (Å²) in [4.78, 5) is 29.4. The molecule has 0 radical (unpaired) electrons. The van der Waals surface area contributed by atoms with Crippen LogP contribution in [0.5, 0.6) is 0 Å². The highest BCUT2D eigenvalue weighted by Gasteiger charge is 2.38. The van der Waals surface area contributed by atoms with Gasteiger partial charge >= 0.3 is 5.63 Å². The molecule has 2 aromatic heterocycles. The van der Waals surface area contributed by atoms with Crippen LogP contribution in [0.2, 0.25) is 0 Å². The molecule has 2 heterocycles. The number of hydrogen-bond donors (Lipinski definition) is 1. The van der Waals surface area contributed by atoms with Crippen molar-refractivity contribution < 1.29 is 13.2 Å². The molecule has 7 heteroatoms. The molecule has 0 spiro atoms. The number of aromatic nitrogens is 2. The summed E-state index contributed by atoms with van der Waals surface area (Å²) in [7, 11) is 0. The molecule has 1 aliphatic rings. The Labute approximate surface area is 137 Å². The zero-order chi connectivity index (χ0) is 17.4. The molecule has 0 amide bonds. The number of aromatic amines is 1. The minimum absolute atomic E-state index is 0.0928. The maximum Gasteiger partial charge on any atom is 0.337 e. The third-order valence-electron chi connectivity index (χ3n) is 4.78. The molecule has 1 saturated carbocycles. The van der Waals surface area contributed by atoms with Crippen LogP contribution >= 0.6 is 0 Å². The van der Waals surface area contributed by atoms with Gasteiger partial charge in [0.05, 0.1) is 0 Å². The molecule has 0 saturated heterocycles. The highest BCUT2D eigenvalue weighted by atomic mass is 19.3. The lowest BCUT2D eigenvalue weighted by atomic mass is 10.0. The van der Waals surface area contributed by atoms with Crippen molar-refractivity contribution in [2.45, 2.75) is 46.0 Å². The standard InChI is InChI=1S/C17H20F2N2O3/c1-8(2)11-6-9(11)4-3-5-10-7-12(22)24-17-13(10)16(23)20-15(21-17)14(18)19/h7-9,11,14H,3-6H2,1-2H3,(H,20,21,23). The third-order valence-corrected chi connectivity index (χ3v) is 4.78. The van der Waals surface area contributed by atoms with E-state index in [4.69, 9.17) is 4.42 Å². The largest absolute Gasteiger partial charge is 0.403 e. The number of H-pyrrole nitrogens is 1. The van der Waals surface area contributed by atoms with Crippen molar-refractivity contribution >= 4 is 11.1 Å². The third kappa shape index (κ3) is 3.39. The predicted molar refractivity (Wildman–Crippen MR) is 85.2 cm³/mol. The van der Waals surface area contributed by atoms with Crippen LogP contribution in [-0.2, 0) is 6.42 Å². The quantitative estimate of drug-likeness (QED) is 0.875. The second-order valence-electron chi connectivity index (χ2n) is 6.82. The molecule has 24 heavy (non-hydrogen) atoms. The lowest BCUT2D eigenvalue weighted by Crippen LogP contribution is -2.16. The highest BCUT2D eigenvalue weighted by molar-refractivity contribution is 5.75. The fourth-order valence-electron chi connectivity index (χ4n) is 3.44. The maximum absolute atomic E-state index is 12.7. The van der Waals surface area contributed by atoms with Crippen LogP contribution in [0.15, 0.2) is 20.1 Å². The van der Waals surface area contributed by atoms with Crippen LogP contribution in [0.4, 0.5) is 8.78 Å². The van der Waals surface area contributed by atoms with E-state index in [1.165, 1.54) is 12.5 Å². The van der Waals surface area contributed by atoms with E-state index in [0.717, 1.165) is 18.8 Å². The fraction of sp³-hybridized carbons (Fsp3) is 0.588. The van der Waals surface area contributed by atoms with Crippen molar-refractivity contribution in [3.8, 4) is 0 Å². The van der Waals surface area contributed by atoms with Gasteiger partial charge in [-0.05, 0) is 49.0 Å². The van der Waals surface area contributed by atoms with Crippen LogP contribution in [0.25, 0.3) is 11.1 Å². The average Bonchev–Trinajstić information content (AvgIpc) is 3.25. The number of rotatable bonds is 6. The van der Waals surface area contributed by atoms with Crippen LogP contribution in [-0.4, -0.2) is 9.97 Å². The molecule has 0 aromatic carbocycles. The van der Waals surface area contributed by atoms with Gasteiger partial charge in [-0.25, -0.2) is 13.6 Å². The van der Waals surface area contributed by atoms with Gasteiger partial charge in [-0.1, -0.05) is 13.8 Å². The Kier molecular flexibility index (Phi) is 4.51. The van der Waals surface area contributed by atoms with E-state index in [0.29, 0.717) is 23.8 Å². The average molecular weight is 338 g/mol. The maximum atomic E-state index is 12.7. The molecule has 130 valence electrons. The van der Waals surface area contributed by atoms with E-state index in [1.807, 2.05) is 0 Å². The summed E-state index contributed by atoms with van der Waals surface area (Å²) in [6.45, 7) is 4.43. The number of nitrogens with one attached hydrogen (secondary N) is 1. The van der Waals surface area contributed by atoms with Crippen molar-refractivity contribution in [2.75, 3.05) is 0 Å². The van der Waals surface area contributed by atoms with Crippen LogP contribution in [0.3, 0.4) is 0 Å². The minimum Gasteiger partial charge on any atom is -0.403 e. The number of aryl methyl sites for hydroxylation is 1. The molecule has 0 bridgehead atoms. The monoisotopic (exact) mass is 338 g/mol. The number of halogens is 2. The molecule has 0 aliphatic heterocycles. The molecule has 2 aromatic rings. The second kappa shape index (κ2) is 6.45. The number of nitrogens with zero attached hydrogens (tertiary/aromatic N) is 1. The SMILES string of the molecule is CC(C)C1CC1CCCc1cc(=O)oc2nc(C(F)F)[nH]c(=O)c12. The van der Waals surface area contributed by atoms with Crippen molar-refractivity contribution in [1.82, 2.24) is 9.97 Å². The smallest absolute Gasteiger partial charge is 0.337 e. The Hall–Kier alpha value is -2.05. The van der Waals surface area contributed by atoms with Gasteiger partial charge in [-0.2, -0.15) is 4.98 Å². The van der Waals surface area contributed by atoms with E-state index in [9.17, 15) is 18.4 Å². The van der Waals surface area contributed by atoms with Crippen molar-refractivity contribution in [1.29, 1.82) is 0 Å². The Morgan fingerprint density at radius 2 is 2.12 bits per heavy atom.